The van der Waals surface area contributed by atoms with Gasteiger partial charge in [-0.3, -0.25) is 0 Å². The number of aliphatic carboxylic acids is 1. The minimum atomic E-state index is -0.818. The quantitative estimate of drug-likeness (QED) is 0.310. The molecule has 0 fully saturated rings. The molecule has 4 nitrogen and oxygen atoms in total. The molecule has 0 unspecified atom stereocenters. The molecule has 1 aliphatic heterocycles. The van der Waals surface area contributed by atoms with Crippen LogP contribution in [0.15, 0.2) is 53.2 Å². The predicted molar refractivity (Wildman–Crippen MR) is 128 cm³/mol. The van der Waals surface area contributed by atoms with Crippen molar-refractivity contribution in [2.24, 2.45) is 0 Å². The standard InChI is InChI=1S/C27H36O4/c1-19(2)9-6-12-22(26(29)30)13-7-10-20(3)11-8-15-27(5)16-14-23-18-24(28)17-21(4)25(23)31-27/h9,11,13-14,16-18,28H,6-8,10,12,15H2,1-5H3,(H,29,30)/b20-11+,22-13+/t27-/m0/s1. The Morgan fingerprint density at radius 2 is 1.77 bits per heavy atom. The van der Waals surface area contributed by atoms with Crippen molar-refractivity contribution in [3.8, 4) is 11.5 Å². The summed E-state index contributed by atoms with van der Waals surface area (Å²) in [5.74, 6) is 0.272. The lowest BCUT2D eigenvalue weighted by molar-refractivity contribution is -0.132. The molecule has 0 saturated heterocycles. The van der Waals surface area contributed by atoms with E-state index in [0.29, 0.717) is 12.0 Å². The van der Waals surface area contributed by atoms with Crippen molar-refractivity contribution >= 4 is 12.0 Å². The summed E-state index contributed by atoms with van der Waals surface area (Å²) in [6.45, 7) is 10.2. The summed E-state index contributed by atoms with van der Waals surface area (Å²) in [4.78, 5) is 11.4. The summed E-state index contributed by atoms with van der Waals surface area (Å²) in [5, 5.41) is 19.1. The Labute approximate surface area is 186 Å². The minimum absolute atomic E-state index is 0.253. The molecule has 2 rings (SSSR count). The highest BCUT2D eigenvalue weighted by Crippen LogP contribution is 2.38. The average Bonchev–Trinajstić information content (AvgIpc) is 2.67. The fraction of sp³-hybridized carbons (Fsp3) is 0.444. The van der Waals surface area contributed by atoms with Gasteiger partial charge in [0, 0.05) is 11.1 Å². The van der Waals surface area contributed by atoms with E-state index in [2.05, 4.69) is 32.1 Å². The number of phenolic OH excluding ortho intramolecular Hbond substituents is 1. The highest BCUT2D eigenvalue weighted by molar-refractivity contribution is 5.86. The monoisotopic (exact) mass is 424 g/mol. The average molecular weight is 425 g/mol. The Kier molecular flexibility index (Phi) is 8.73. The Hall–Kier alpha value is -2.75. The van der Waals surface area contributed by atoms with Crippen LogP contribution in [-0.4, -0.2) is 21.8 Å². The number of carbonyl (C=O) groups is 1. The fourth-order valence-electron chi connectivity index (χ4n) is 3.71. The zero-order valence-electron chi connectivity index (χ0n) is 19.5. The number of aromatic hydroxyl groups is 1. The lowest BCUT2D eigenvalue weighted by Crippen LogP contribution is -2.32. The van der Waals surface area contributed by atoms with Crippen LogP contribution >= 0.6 is 0 Å². The van der Waals surface area contributed by atoms with Crippen molar-refractivity contribution in [2.75, 3.05) is 0 Å². The first kappa shape index (κ1) is 24.5. The number of hydrogen-bond acceptors (Lipinski definition) is 3. The number of aryl methyl sites for hydroxylation is 1. The second-order valence-electron chi connectivity index (χ2n) is 8.91. The number of hydrogen-bond donors (Lipinski definition) is 2. The zero-order chi connectivity index (χ0) is 23.0. The number of allylic oxidation sites excluding steroid dienone is 5. The van der Waals surface area contributed by atoms with Gasteiger partial charge in [0.1, 0.15) is 17.1 Å². The third-order valence-corrected chi connectivity index (χ3v) is 5.54. The van der Waals surface area contributed by atoms with Crippen molar-refractivity contribution in [3.63, 3.8) is 0 Å². The zero-order valence-corrected chi connectivity index (χ0v) is 19.5. The summed E-state index contributed by atoms with van der Waals surface area (Å²) in [7, 11) is 0. The van der Waals surface area contributed by atoms with Crippen molar-refractivity contribution < 1.29 is 19.7 Å². The van der Waals surface area contributed by atoms with Crippen LogP contribution < -0.4 is 4.74 Å². The number of ether oxygens (including phenoxy) is 1. The number of carboxylic acid groups (broad SMARTS) is 1. The van der Waals surface area contributed by atoms with Crippen molar-refractivity contribution in [3.05, 3.63) is 64.3 Å². The normalized spacial score (nSPS) is 18.4. The molecule has 31 heavy (non-hydrogen) atoms. The first-order valence-electron chi connectivity index (χ1n) is 11.0. The van der Waals surface area contributed by atoms with Gasteiger partial charge >= 0.3 is 5.97 Å². The van der Waals surface area contributed by atoms with E-state index >= 15 is 0 Å². The van der Waals surface area contributed by atoms with Gasteiger partial charge < -0.3 is 14.9 Å². The van der Waals surface area contributed by atoms with E-state index in [1.807, 2.05) is 32.9 Å². The van der Waals surface area contributed by atoms with Gasteiger partial charge in [-0.25, -0.2) is 4.79 Å². The maximum Gasteiger partial charge on any atom is 0.331 e. The van der Waals surface area contributed by atoms with E-state index in [1.54, 1.807) is 12.1 Å². The number of phenols is 1. The molecule has 0 radical (unpaired) electrons. The van der Waals surface area contributed by atoms with Crippen LogP contribution in [0.4, 0.5) is 0 Å². The van der Waals surface area contributed by atoms with Crippen LogP contribution in [0.2, 0.25) is 0 Å². The van der Waals surface area contributed by atoms with Crippen LogP contribution in [0.3, 0.4) is 0 Å². The van der Waals surface area contributed by atoms with Crippen molar-refractivity contribution in [1.82, 2.24) is 0 Å². The smallest absolute Gasteiger partial charge is 0.331 e. The van der Waals surface area contributed by atoms with Crippen molar-refractivity contribution in [1.29, 1.82) is 0 Å². The fourth-order valence-corrected chi connectivity index (χ4v) is 3.71. The van der Waals surface area contributed by atoms with Crippen LogP contribution in [0.1, 0.15) is 77.3 Å². The first-order chi connectivity index (χ1) is 14.6. The molecule has 1 aromatic rings. The topological polar surface area (TPSA) is 66.8 Å². The van der Waals surface area contributed by atoms with Gasteiger partial charge in [0.2, 0.25) is 0 Å². The SMILES string of the molecule is CC(C)=CCC/C(=C\CC/C(C)=C/CC[C@@]1(C)C=Cc2cc(O)cc(C)c2O1)C(=O)O. The van der Waals surface area contributed by atoms with Crippen LogP contribution in [0.25, 0.3) is 6.08 Å². The molecule has 0 bridgehead atoms. The summed E-state index contributed by atoms with van der Waals surface area (Å²) < 4.78 is 6.27. The molecule has 168 valence electrons. The Morgan fingerprint density at radius 1 is 1.06 bits per heavy atom. The van der Waals surface area contributed by atoms with E-state index in [0.717, 1.165) is 49.0 Å². The van der Waals surface area contributed by atoms with Gasteiger partial charge in [-0.05, 0) is 96.9 Å². The maximum atomic E-state index is 11.4. The summed E-state index contributed by atoms with van der Waals surface area (Å²) >= 11 is 0. The molecule has 4 heteroatoms. The largest absolute Gasteiger partial charge is 0.508 e. The van der Waals surface area contributed by atoms with E-state index in [-0.39, 0.29) is 11.4 Å². The van der Waals surface area contributed by atoms with Gasteiger partial charge in [-0.1, -0.05) is 35.5 Å². The second kappa shape index (κ2) is 11.0. The number of rotatable bonds is 10. The Bertz CT molecular complexity index is 913. The summed E-state index contributed by atoms with van der Waals surface area (Å²) in [6.07, 6.45) is 14.9. The Balaban J connectivity index is 1.87. The van der Waals surface area contributed by atoms with Crippen molar-refractivity contribution in [2.45, 2.75) is 78.7 Å². The van der Waals surface area contributed by atoms with Gasteiger partial charge in [0.15, 0.2) is 0 Å². The Morgan fingerprint density at radius 3 is 2.45 bits per heavy atom. The molecule has 0 aromatic heterocycles. The molecule has 0 saturated carbocycles. The molecule has 1 atom stereocenters. The molecular weight excluding hydrogens is 388 g/mol. The molecule has 2 N–H and O–H groups in total. The van der Waals surface area contributed by atoms with Gasteiger partial charge in [-0.2, -0.15) is 0 Å². The third kappa shape index (κ3) is 7.78. The third-order valence-electron chi connectivity index (χ3n) is 5.54. The van der Waals surface area contributed by atoms with E-state index in [1.165, 1.54) is 11.1 Å². The van der Waals surface area contributed by atoms with E-state index < -0.39 is 5.97 Å². The number of benzene rings is 1. The lowest BCUT2D eigenvalue weighted by Gasteiger charge is -2.32. The van der Waals surface area contributed by atoms with Crippen LogP contribution in [0, 0.1) is 6.92 Å². The maximum absolute atomic E-state index is 11.4. The molecule has 0 amide bonds. The number of fused-ring (bicyclic) bond motifs is 1. The van der Waals surface area contributed by atoms with E-state index in [4.69, 9.17) is 4.74 Å². The molecule has 0 spiro atoms. The first-order valence-corrected chi connectivity index (χ1v) is 11.0. The number of carboxylic acids is 1. The molecular formula is C27H36O4. The van der Waals surface area contributed by atoms with Gasteiger partial charge in [0.05, 0.1) is 0 Å². The highest BCUT2D eigenvalue weighted by atomic mass is 16.5. The minimum Gasteiger partial charge on any atom is -0.508 e. The van der Waals surface area contributed by atoms with Crippen LogP contribution in [0.5, 0.6) is 11.5 Å². The van der Waals surface area contributed by atoms with Crippen LogP contribution in [-0.2, 0) is 4.79 Å². The molecule has 1 aliphatic rings. The molecule has 1 aromatic carbocycles. The highest BCUT2D eigenvalue weighted by Gasteiger charge is 2.27. The molecule has 1 heterocycles. The second-order valence-corrected chi connectivity index (χ2v) is 8.91. The lowest BCUT2D eigenvalue weighted by atomic mass is 9.93. The summed E-state index contributed by atoms with van der Waals surface area (Å²) in [5.41, 5.74) is 4.43. The van der Waals surface area contributed by atoms with Gasteiger partial charge in [-0.15, -0.1) is 0 Å². The van der Waals surface area contributed by atoms with E-state index in [9.17, 15) is 15.0 Å². The summed E-state index contributed by atoms with van der Waals surface area (Å²) in [6, 6.07) is 3.45. The molecule has 0 aliphatic carbocycles. The van der Waals surface area contributed by atoms with Gasteiger partial charge in [0.25, 0.3) is 0 Å². The predicted octanol–water partition coefficient (Wildman–Crippen LogP) is 7.13.